The highest BCUT2D eigenvalue weighted by molar-refractivity contribution is 7.89. The van der Waals surface area contributed by atoms with Gasteiger partial charge in [0.2, 0.25) is 10.0 Å². The normalized spacial score (nSPS) is 19.4. The summed E-state index contributed by atoms with van der Waals surface area (Å²) in [4.78, 5) is 19.1. The summed E-state index contributed by atoms with van der Waals surface area (Å²) in [7, 11) is -3.57. The Morgan fingerprint density at radius 3 is 2.45 bits per heavy atom. The van der Waals surface area contributed by atoms with Crippen molar-refractivity contribution in [3.8, 4) is 0 Å². The highest BCUT2D eigenvalue weighted by Crippen LogP contribution is 2.26. The highest BCUT2D eigenvalue weighted by Gasteiger charge is 2.30. The molecule has 0 aliphatic carbocycles. The van der Waals surface area contributed by atoms with Crippen molar-refractivity contribution < 1.29 is 13.2 Å². The van der Waals surface area contributed by atoms with Crippen LogP contribution in [-0.2, 0) is 10.0 Å². The molecule has 0 unspecified atom stereocenters. The third kappa shape index (κ3) is 4.06. The van der Waals surface area contributed by atoms with Gasteiger partial charge in [0.05, 0.1) is 10.9 Å². The molecule has 4 rings (SSSR count). The standard InChI is InChI=1S/C20H27N5O3S/c1-16-5-6-17(13-19(16)29(27,28)24-9-3-2-4-10-24)20(26)23-11-7-18(8-12-23)25-15-21-14-22-25/h5-6,13-15,18H,2-4,7-12H2,1H3. The molecule has 2 fully saturated rings. The van der Waals surface area contributed by atoms with Crippen molar-refractivity contribution >= 4 is 15.9 Å². The third-order valence-electron chi connectivity index (χ3n) is 5.93. The fourth-order valence-corrected chi connectivity index (χ4v) is 5.95. The average Bonchev–Trinajstić information content (AvgIpc) is 3.29. The van der Waals surface area contributed by atoms with Crippen LogP contribution in [0, 0.1) is 6.92 Å². The second-order valence-corrected chi connectivity index (χ2v) is 9.75. The van der Waals surface area contributed by atoms with Crippen LogP contribution in [0.4, 0.5) is 0 Å². The van der Waals surface area contributed by atoms with Gasteiger partial charge in [-0.05, 0) is 50.3 Å². The first-order valence-corrected chi connectivity index (χ1v) is 11.6. The number of amides is 1. The van der Waals surface area contributed by atoms with Crippen molar-refractivity contribution in [1.29, 1.82) is 0 Å². The zero-order valence-electron chi connectivity index (χ0n) is 16.7. The maximum absolute atomic E-state index is 13.1. The fraction of sp³-hybridized carbons (Fsp3) is 0.550. The molecule has 1 aromatic heterocycles. The number of nitrogens with zero attached hydrogens (tertiary/aromatic N) is 5. The van der Waals surface area contributed by atoms with E-state index in [1.807, 2.05) is 4.68 Å². The van der Waals surface area contributed by atoms with Gasteiger partial charge in [-0.2, -0.15) is 9.40 Å². The van der Waals surface area contributed by atoms with Gasteiger partial charge in [0.25, 0.3) is 5.91 Å². The fourth-order valence-electron chi connectivity index (χ4n) is 4.18. The number of likely N-dealkylation sites (tertiary alicyclic amines) is 1. The Kier molecular flexibility index (Phi) is 5.69. The van der Waals surface area contributed by atoms with Crippen LogP contribution in [0.5, 0.6) is 0 Å². The van der Waals surface area contributed by atoms with Crippen LogP contribution in [0.25, 0.3) is 0 Å². The van der Waals surface area contributed by atoms with Crippen LogP contribution in [0.2, 0.25) is 0 Å². The zero-order valence-corrected chi connectivity index (χ0v) is 17.5. The van der Waals surface area contributed by atoms with Crippen molar-refractivity contribution in [2.75, 3.05) is 26.2 Å². The molecule has 0 N–H and O–H groups in total. The maximum Gasteiger partial charge on any atom is 0.253 e. The summed E-state index contributed by atoms with van der Waals surface area (Å²) in [6.07, 6.45) is 7.68. The van der Waals surface area contributed by atoms with Gasteiger partial charge >= 0.3 is 0 Å². The molecule has 3 heterocycles. The Bertz CT molecular complexity index is 960. The van der Waals surface area contributed by atoms with Gasteiger partial charge in [-0.15, -0.1) is 0 Å². The Balaban J connectivity index is 1.50. The number of aromatic nitrogens is 3. The lowest BCUT2D eigenvalue weighted by Gasteiger charge is -2.32. The van der Waals surface area contributed by atoms with Crippen LogP contribution >= 0.6 is 0 Å². The van der Waals surface area contributed by atoms with E-state index >= 15 is 0 Å². The number of carbonyl (C=O) groups excluding carboxylic acids is 1. The molecular formula is C20H27N5O3S. The average molecular weight is 418 g/mol. The van der Waals surface area contributed by atoms with Crippen molar-refractivity contribution in [3.05, 3.63) is 42.0 Å². The summed E-state index contributed by atoms with van der Waals surface area (Å²) in [5.41, 5.74) is 1.11. The van der Waals surface area contributed by atoms with E-state index in [0.29, 0.717) is 37.3 Å². The van der Waals surface area contributed by atoms with E-state index in [2.05, 4.69) is 10.1 Å². The van der Waals surface area contributed by atoms with E-state index in [-0.39, 0.29) is 16.8 Å². The minimum atomic E-state index is -3.57. The van der Waals surface area contributed by atoms with Crippen molar-refractivity contribution in [1.82, 2.24) is 24.0 Å². The lowest BCUT2D eigenvalue weighted by molar-refractivity contribution is 0.0689. The van der Waals surface area contributed by atoms with Crippen LogP contribution in [0.3, 0.4) is 0 Å². The minimum absolute atomic E-state index is 0.114. The van der Waals surface area contributed by atoms with Gasteiger partial charge < -0.3 is 4.90 Å². The predicted octanol–water partition coefficient (Wildman–Crippen LogP) is 2.24. The molecule has 0 bridgehead atoms. The Morgan fingerprint density at radius 1 is 1.07 bits per heavy atom. The SMILES string of the molecule is Cc1ccc(C(=O)N2CCC(n3cncn3)CC2)cc1S(=O)(=O)N1CCCCC1. The molecule has 0 atom stereocenters. The number of piperidine rings is 2. The Morgan fingerprint density at radius 2 is 1.79 bits per heavy atom. The molecule has 0 spiro atoms. The van der Waals surface area contributed by atoms with E-state index in [4.69, 9.17) is 0 Å². The van der Waals surface area contributed by atoms with Crippen LogP contribution < -0.4 is 0 Å². The third-order valence-corrected chi connectivity index (χ3v) is 7.97. The number of hydrogen-bond donors (Lipinski definition) is 0. The number of sulfonamides is 1. The first-order chi connectivity index (χ1) is 14.0. The predicted molar refractivity (Wildman–Crippen MR) is 108 cm³/mol. The monoisotopic (exact) mass is 417 g/mol. The molecule has 1 amide bonds. The first kappa shape index (κ1) is 20.0. The first-order valence-electron chi connectivity index (χ1n) is 10.2. The summed E-state index contributed by atoms with van der Waals surface area (Å²) in [5, 5.41) is 4.19. The molecule has 2 aromatic rings. The molecule has 1 aromatic carbocycles. The summed E-state index contributed by atoms with van der Waals surface area (Å²) < 4.78 is 29.6. The summed E-state index contributed by atoms with van der Waals surface area (Å²) in [6.45, 7) is 4.12. The van der Waals surface area contributed by atoms with Crippen LogP contribution in [-0.4, -0.2) is 64.5 Å². The van der Waals surface area contributed by atoms with E-state index in [9.17, 15) is 13.2 Å². The van der Waals surface area contributed by atoms with Gasteiger partial charge in [-0.3, -0.25) is 4.79 Å². The van der Waals surface area contributed by atoms with Gasteiger partial charge in [0, 0.05) is 31.7 Å². The van der Waals surface area contributed by atoms with Gasteiger partial charge in [0.1, 0.15) is 12.7 Å². The van der Waals surface area contributed by atoms with E-state index < -0.39 is 10.0 Å². The quantitative estimate of drug-likeness (QED) is 0.761. The molecule has 156 valence electrons. The maximum atomic E-state index is 13.1. The number of hydrogen-bond acceptors (Lipinski definition) is 5. The van der Waals surface area contributed by atoms with E-state index in [1.165, 1.54) is 6.33 Å². The topological polar surface area (TPSA) is 88.4 Å². The molecule has 2 aliphatic heterocycles. The summed E-state index contributed by atoms with van der Waals surface area (Å²) >= 11 is 0. The molecule has 2 saturated heterocycles. The smallest absolute Gasteiger partial charge is 0.253 e. The largest absolute Gasteiger partial charge is 0.338 e. The Hall–Kier alpha value is -2.26. The van der Waals surface area contributed by atoms with Gasteiger partial charge in [-0.25, -0.2) is 18.1 Å². The van der Waals surface area contributed by atoms with Gasteiger partial charge in [-0.1, -0.05) is 12.5 Å². The summed E-state index contributed by atoms with van der Waals surface area (Å²) in [6, 6.07) is 5.28. The molecule has 9 heteroatoms. The van der Waals surface area contributed by atoms with Crippen LogP contribution in [0.1, 0.15) is 54.1 Å². The summed E-state index contributed by atoms with van der Waals surface area (Å²) in [5.74, 6) is -0.114. The zero-order chi connectivity index (χ0) is 20.4. The molecule has 8 nitrogen and oxygen atoms in total. The minimum Gasteiger partial charge on any atom is -0.338 e. The highest BCUT2D eigenvalue weighted by atomic mass is 32.2. The van der Waals surface area contributed by atoms with Gasteiger partial charge in [0.15, 0.2) is 0 Å². The number of carbonyl (C=O) groups is 1. The Labute approximate surface area is 171 Å². The number of benzene rings is 1. The lowest BCUT2D eigenvalue weighted by Crippen LogP contribution is -2.39. The molecule has 0 saturated carbocycles. The lowest BCUT2D eigenvalue weighted by atomic mass is 10.0. The van der Waals surface area contributed by atoms with Crippen molar-refractivity contribution in [3.63, 3.8) is 0 Å². The number of aryl methyl sites for hydroxylation is 1. The van der Waals surface area contributed by atoms with Crippen LogP contribution in [0.15, 0.2) is 35.7 Å². The van der Waals surface area contributed by atoms with E-state index in [0.717, 1.165) is 32.1 Å². The number of rotatable bonds is 4. The second kappa shape index (κ2) is 8.23. The second-order valence-electron chi connectivity index (χ2n) is 7.84. The van der Waals surface area contributed by atoms with Crippen molar-refractivity contribution in [2.24, 2.45) is 0 Å². The molecular weight excluding hydrogens is 390 g/mol. The molecule has 29 heavy (non-hydrogen) atoms. The van der Waals surface area contributed by atoms with Crippen molar-refractivity contribution in [2.45, 2.75) is 50.0 Å². The molecule has 2 aliphatic rings. The van der Waals surface area contributed by atoms with E-state index in [1.54, 1.807) is 40.7 Å². The molecule has 0 radical (unpaired) electrons.